The van der Waals surface area contributed by atoms with E-state index in [4.69, 9.17) is 4.74 Å². The number of benzene rings is 2. The number of ether oxygens (including phenoxy) is 1. The molecule has 3 heteroatoms. The number of fused-ring (bicyclic) bond motifs is 1. The predicted octanol–water partition coefficient (Wildman–Crippen LogP) is 3.70. The second-order valence-electron chi connectivity index (χ2n) is 5.40. The summed E-state index contributed by atoms with van der Waals surface area (Å²) in [7, 11) is 0. The quantitative estimate of drug-likeness (QED) is 0.925. The standard InChI is InChI=1S/C18H22N2O/c1-15-7-2-3-8-16(15)19-11-13-20-12-6-14-21-18-10-5-4-9-17(18)20/h2-5,7-10,19H,6,11-14H2,1H3. The van der Waals surface area contributed by atoms with Gasteiger partial charge in [-0.25, -0.2) is 0 Å². The normalized spacial score (nSPS) is 14.0. The minimum atomic E-state index is 0.804. The first-order chi connectivity index (χ1) is 10.3. The molecule has 0 unspecified atom stereocenters. The fourth-order valence-corrected chi connectivity index (χ4v) is 2.73. The van der Waals surface area contributed by atoms with E-state index >= 15 is 0 Å². The van der Waals surface area contributed by atoms with Crippen LogP contribution < -0.4 is 15.0 Å². The Labute approximate surface area is 126 Å². The Morgan fingerprint density at radius 3 is 2.81 bits per heavy atom. The molecule has 0 atom stereocenters. The summed E-state index contributed by atoms with van der Waals surface area (Å²) in [5.74, 6) is 1.01. The van der Waals surface area contributed by atoms with E-state index in [9.17, 15) is 0 Å². The van der Waals surface area contributed by atoms with Crippen molar-refractivity contribution >= 4 is 11.4 Å². The number of nitrogens with one attached hydrogen (secondary N) is 1. The molecule has 3 rings (SSSR count). The van der Waals surface area contributed by atoms with Crippen molar-refractivity contribution < 1.29 is 4.74 Å². The van der Waals surface area contributed by atoms with Crippen LogP contribution in [0, 0.1) is 6.92 Å². The zero-order valence-corrected chi connectivity index (χ0v) is 12.5. The number of para-hydroxylation sites is 3. The highest BCUT2D eigenvalue weighted by Gasteiger charge is 2.15. The van der Waals surface area contributed by atoms with Gasteiger partial charge in [-0.3, -0.25) is 0 Å². The lowest BCUT2D eigenvalue weighted by Gasteiger charge is -2.24. The number of aryl methyl sites for hydroxylation is 1. The molecule has 3 nitrogen and oxygen atoms in total. The Kier molecular flexibility index (Phi) is 4.29. The van der Waals surface area contributed by atoms with Gasteiger partial charge in [0.05, 0.1) is 12.3 Å². The summed E-state index contributed by atoms with van der Waals surface area (Å²) in [6, 6.07) is 16.7. The smallest absolute Gasteiger partial charge is 0.142 e. The minimum absolute atomic E-state index is 0.804. The van der Waals surface area contributed by atoms with Gasteiger partial charge < -0.3 is 15.0 Å². The number of hydrogen-bond acceptors (Lipinski definition) is 3. The van der Waals surface area contributed by atoms with Crippen LogP contribution in [0.1, 0.15) is 12.0 Å². The molecule has 0 saturated heterocycles. The summed E-state index contributed by atoms with van der Waals surface area (Å²) in [5.41, 5.74) is 3.72. The summed E-state index contributed by atoms with van der Waals surface area (Å²) >= 11 is 0. The topological polar surface area (TPSA) is 24.5 Å². The van der Waals surface area contributed by atoms with Crippen LogP contribution in [0.3, 0.4) is 0 Å². The van der Waals surface area contributed by atoms with Crippen molar-refractivity contribution in [2.75, 3.05) is 36.5 Å². The molecular weight excluding hydrogens is 260 g/mol. The van der Waals surface area contributed by atoms with Crippen LogP contribution in [0.4, 0.5) is 11.4 Å². The van der Waals surface area contributed by atoms with Gasteiger partial charge in [0.25, 0.3) is 0 Å². The Morgan fingerprint density at radius 1 is 1.10 bits per heavy atom. The lowest BCUT2D eigenvalue weighted by atomic mass is 10.2. The molecule has 0 amide bonds. The maximum Gasteiger partial charge on any atom is 0.142 e. The lowest BCUT2D eigenvalue weighted by Crippen LogP contribution is -2.29. The number of hydrogen-bond donors (Lipinski definition) is 1. The predicted molar refractivity (Wildman–Crippen MR) is 88.4 cm³/mol. The fourth-order valence-electron chi connectivity index (χ4n) is 2.73. The van der Waals surface area contributed by atoms with Gasteiger partial charge in [-0.05, 0) is 37.1 Å². The first-order valence-corrected chi connectivity index (χ1v) is 7.61. The maximum atomic E-state index is 5.80. The van der Waals surface area contributed by atoms with Crippen molar-refractivity contribution in [3.8, 4) is 5.75 Å². The van der Waals surface area contributed by atoms with E-state index < -0.39 is 0 Å². The second kappa shape index (κ2) is 6.53. The van der Waals surface area contributed by atoms with Crippen molar-refractivity contribution in [2.24, 2.45) is 0 Å². The third kappa shape index (κ3) is 3.30. The van der Waals surface area contributed by atoms with E-state index in [2.05, 4.69) is 59.6 Å². The van der Waals surface area contributed by atoms with E-state index in [1.165, 1.54) is 16.9 Å². The monoisotopic (exact) mass is 282 g/mol. The van der Waals surface area contributed by atoms with E-state index in [0.717, 1.165) is 38.4 Å². The van der Waals surface area contributed by atoms with Crippen molar-refractivity contribution in [2.45, 2.75) is 13.3 Å². The van der Waals surface area contributed by atoms with Crippen molar-refractivity contribution in [1.82, 2.24) is 0 Å². The molecule has 2 aromatic carbocycles. The molecule has 0 fully saturated rings. The van der Waals surface area contributed by atoms with Gasteiger partial charge in [0.15, 0.2) is 0 Å². The molecule has 0 spiro atoms. The third-order valence-corrected chi connectivity index (χ3v) is 3.88. The van der Waals surface area contributed by atoms with Crippen molar-refractivity contribution in [3.05, 3.63) is 54.1 Å². The van der Waals surface area contributed by atoms with Crippen LogP contribution in [0.5, 0.6) is 5.75 Å². The van der Waals surface area contributed by atoms with Crippen LogP contribution >= 0.6 is 0 Å². The molecule has 0 saturated carbocycles. The molecule has 0 radical (unpaired) electrons. The number of anilines is 2. The summed E-state index contributed by atoms with van der Waals surface area (Å²) in [5, 5.41) is 3.53. The van der Waals surface area contributed by atoms with E-state index in [-0.39, 0.29) is 0 Å². The minimum Gasteiger partial charge on any atom is -0.491 e. The maximum absolute atomic E-state index is 5.80. The van der Waals surface area contributed by atoms with Crippen LogP contribution in [-0.2, 0) is 0 Å². The molecule has 0 bridgehead atoms. The molecule has 1 heterocycles. The van der Waals surface area contributed by atoms with Crippen LogP contribution in [0.2, 0.25) is 0 Å². The highest BCUT2D eigenvalue weighted by Crippen LogP contribution is 2.30. The van der Waals surface area contributed by atoms with Crippen LogP contribution in [0.25, 0.3) is 0 Å². The van der Waals surface area contributed by atoms with Gasteiger partial charge in [0.1, 0.15) is 5.75 Å². The summed E-state index contributed by atoms with van der Waals surface area (Å²) in [4.78, 5) is 2.41. The molecule has 2 aromatic rings. The van der Waals surface area contributed by atoms with Crippen molar-refractivity contribution in [1.29, 1.82) is 0 Å². The molecule has 1 aliphatic rings. The van der Waals surface area contributed by atoms with Gasteiger partial charge >= 0.3 is 0 Å². The average molecular weight is 282 g/mol. The average Bonchev–Trinajstić information content (AvgIpc) is 2.72. The highest BCUT2D eigenvalue weighted by molar-refractivity contribution is 5.59. The summed E-state index contributed by atoms with van der Waals surface area (Å²) < 4.78 is 5.80. The third-order valence-electron chi connectivity index (χ3n) is 3.88. The molecule has 1 aliphatic heterocycles. The second-order valence-corrected chi connectivity index (χ2v) is 5.40. The first kappa shape index (κ1) is 13.8. The molecule has 1 N–H and O–H groups in total. The molecule has 0 aliphatic carbocycles. The first-order valence-electron chi connectivity index (χ1n) is 7.61. The van der Waals surface area contributed by atoms with Gasteiger partial charge in [0, 0.05) is 25.3 Å². The van der Waals surface area contributed by atoms with Gasteiger partial charge in [0.2, 0.25) is 0 Å². The Hall–Kier alpha value is -2.16. The Morgan fingerprint density at radius 2 is 1.90 bits per heavy atom. The van der Waals surface area contributed by atoms with Crippen LogP contribution in [-0.4, -0.2) is 26.2 Å². The van der Waals surface area contributed by atoms with Crippen LogP contribution in [0.15, 0.2) is 48.5 Å². The van der Waals surface area contributed by atoms with Gasteiger partial charge in [-0.2, -0.15) is 0 Å². The van der Waals surface area contributed by atoms with E-state index in [1.54, 1.807) is 0 Å². The summed E-state index contributed by atoms with van der Waals surface area (Å²) in [6.45, 7) is 5.90. The van der Waals surface area contributed by atoms with Crippen molar-refractivity contribution in [3.63, 3.8) is 0 Å². The van der Waals surface area contributed by atoms with E-state index in [1.807, 2.05) is 6.07 Å². The Bertz CT molecular complexity index is 597. The van der Waals surface area contributed by atoms with Gasteiger partial charge in [-0.1, -0.05) is 30.3 Å². The molecule has 110 valence electrons. The molecule has 0 aromatic heterocycles. The molecular formula is C18H22N2O. The zero-order valence-electron chi connectivity index (χ0n) is 12.5. The number of rotatable bonds is 4. The highest BCUT2D eigenvalue weighted by atomic mass is 16.5. The van der Waals surface area contributed by atoms with E-state index in [0.29, 0.717) is 0 Å². The largest absolute Gasteiger partial charge is 0.491 e. The number of nitrogens with zero attached hydrogens (tertiary/aromatic N) is 1. The lowest BCUT2D eigenvalue weighted by molar-refractivity contribution is 0.322. The van der Waals surface area contributed by atoms with Gasteiger partial charge in [-0.15, -0.1) is 0 Å². The summed E-state index contributed by atoms with van der Waals surface area (Å²) in [6.07, 6.45) is 1.07. The SMILES string of the molecule is Cc1ccccc1NCCN1CCCOc2ccccc21. The fraction of sp³-hybridized carbons (Fsp3) is 0.333. The molecule has 21 heavy (non-hydrogen) atoms. The zero-order chi connectivity index (χ0) is 14.5. The Balaban J connectivity index is 1.64.